The van der Waals surface area contributed by atoms with E-state index >= 15 is 0 Å². The predicted octanol–water partition coefficient (Wildman–Crippen LogP) is 3.66. The normalized spacial score (nSPS) is 14.5. The molecule has 0 spiro atoms. The van der Waals surface area contributed by atoms with Crippen molar-refractivity contribution in [1.29, 1.82) is 0 Å². The lowest BCUT2D eigenvalue weighted by Gasteiger charge is -2.23. The fraction of sp³-hybridized carbons (Fsp3) is 0.235. The van der Waals surface area contributed by atoms with Crippen LogP contribution in [0.15, 0.2) is 90.6 Å². The van der Waals surface area contributed by atoms with Gasteiger partial charge in [-0.25, -0.2) is 0 Å². The number of aldehydes is 1. The fourth-order valence-electron chi connectivity index (χ4n) is 5.44. The number of benzene rings is 3. The lowest BCUT2D eigenvalue weighted by molar-refractivity contribution is -0.131. The highest BCUT2D eigenvalue weighted by Gasteiger charge is 2.29. The number of H-pyrrole nitrogens is 1. The summed E-state index contributed by atoms with van der Waals surface area (Å²) in [5.41, 5.74) is 6.29. The minimum Gasteiger partial charge on any atom is -0.361 e. The monoisotopic (exact) mass is 562 g/mol. The van der Waals surface area contributed by atoms with Crippen LogP contribution in [0.3, 0.4) is 0 Å². The van der Waals surface area contributed by atoms with E-state index in [0.29, 0.717) is 24.7 Å². The van der Waals surface area contributed by atoms with Crippen molar-refractivity contribution in [2.75, 3.05) is 0 Å². The van der Waals surface area contributed by atoms with Gasteiger partial charge in [0.1, 0.15) is 18.4 Å². The molecule has 4 N–H and O–H groups in total. The molecule has 5 rings (SSSR count). The summed E-state index contributed by atoms with van der Waals surface area (Å²) in [4.78, 5) is 55.1. The van der Waals surface area contributed by atoms with E-state index in [-0.39, 0.29) is 12.3 Å². The maximum atomic E-state index is 13.5. The van der Waals surface area contributed by atoms with Crippen LogP contribution in [0.2, 0.25) is 0 Å². The minimum atomic E-state index is -0.981. The van der Waals surface area contributed by atoms with Crippen molar-refractivity contribution in [3.63, 3.8) is 0 Å². The Morgan fingerprint density at radius 2 is 1.57 bits per heavy atom. The molecule has 1 unspecified atom stereocenters. The van der Waals surface area contributed by atoms with E-state index in [0.717, 1.165) is 38.7 Å². The zero-order chi connectivity index (χ0) is 29.6. The van der Waals surface area contributed by atoms with Crippen LogP contribution in [0, 0.1) is 0 Å². The lowest BCUT2D eigenvalue weighted by atomic mass is 10.0. The summed E-state index contributed by atoms with van der Waals surface area (Å²) in [6.45, 7) is 3.50. The smallest absolute Gasteiger partial charge is 0.248 e. The summed E-state index contributed by atoms with van der Waals surface area (Å²) in [5.74, 6) is -1.29. The zero-order valence-electron chi connectivity index (χ0n) is 23.6. The van der Waals surface area contributed by atoms with E-state index in [9.17, 15) is 19.2 Å². The number of hydrogen-bond donors (Lipinski definition) is 4. The SMILES string of the molecule is CC1=C(C(=O)NC(C)C(=O)N[C@@H](Cc2c[nH]c3ccccc23)C(=O)N[C@H](C=O)Cc2ccccc2)Cc2ccccc21. The van der Waals surface area contributed by atoms with Crippen molar-refractivity contribution < 1.29 is 19.2 Å². The number of para-hydroxylation sites is 1. The van der Waals surface area contributed by atoms with Crippen molar-refractivity contribution in [3.05, 3.63) is 113 Å². The van der Waals surface area contributed by atoms with Gasteiger partial charge in [-0.15, -0.1) is 0 Å². The van der Waals surface area contributed by atoms with E-state index in [1.165, 1.54) is 0 Å². The van der Waals surface area contributed by atoms with Crippen molar-refractivity contribution >= 4 is 40.5 Å². The molecule has 0 saturated heterocycles. The van der Waals surface area contributed by atoms with Gasteiger partial charge in [0.05, 0.1) is 6.04 Å². The Bertz CT molecular complexity index is 1660. The highest BCUT2D eigenvalue weighted by atomic mass is 16.2. The van der Waals surface area contributed by atoms with E-state index < -0.39 is 29.9 Å². The summed E-state index contributed by atoms with van der Waals surface area (Å²) < 4.78 is 0. The van der Waals surface area contributed by atoms with Gasteiger partial charge in [-0.3, -0.25) is 14.4 Å². The number of carbonyl (C=O) groups excluding carboxylic acids is 4. The van der Waals surface area contributed by atoms with Gasteiger partial charge in [0.15, 0.2) is 0 Å². The number of rotatable bonds is 11. The topological polar surface area (TPSA) is 120 Å². The van der Waals surface area contributed by atoms with Gasteiger partial charge >= 0.3 is 0 Å². The van der Waals surface area contributed by atoms with Crippen LogP contribution >= 0.6 is 0 Å². The third-order valence-electron chi connectivity index (χ3n) is 7.78. The lowest BCUT2D eigenvalue weighted by Crippen LogP contribution is -2.55. The first-order chi connectivity index (χ1) is 20.3. The maximum absolute atomic E-state index is 13.5. The van der Waals surface area contributed by atoms with Gasteiger partial charge in [-0.2, -0.15) is 0 Å². The first-order valence-electron chi connectivity index (χ1n) is 14.1. The Hall–Kier alpha value is -4.98. The molecule has 214 valence electrons. The van der Waals surface area contributed by atoms with Crippen LogP contribution in [-0.2, 0) is 38.4 Å². The molecule has 1 aliphatic carbocycles. The molecule has 0 fully saturated rings. The second kappa shape index (κ2) is 12.7. The molecule has 8 nitrogen and oxygen atoms in total. The van der Waals surface area contributed by atoms with Gasteiger partial charge in [0.2, 0.25) is 17.7 Å². The summed E-state index contributed by atoms with van der Waals surface area (Å²) in [6, 6.07) is 22.3. The Morgan fingerprint density at radius 1 is 0.857 bits per heavy atom. The molecule has 3 aromatic carbocycles. The highest BCUT2D eigenvalue weighted by molar-refractivity contribution is 6.05. The van der Waals surface area contributed by atoms with Crippen molar-refractivity contribution in [2.45, 2.75) is 51.2 Å². The number of amides is 3. The standard InChI is InChI=1S/C34H34N4O4/c1-21-27-13-7-6-12-24(27)17-29(21)33(41)36-22(2)32(40)38-31(18-25-19-35-30-15-9-8-14-28(25)30)34(42)37-26(20-39)16-23-10-4-3-5-11-23/h3-15,19-20,22,26,31,35H,16-18H2,1-2H3,(H,36,41)(H,37,42)(H,38,40)/t22?,26-,31-/m0/s1. The first-order valence-corrected chi connectivity index (χ1v) is 14.1. The quantitative estimate of drug-likeness (QED) is 0.209. The average Bonchev–Trinajstić information content (AvgIpc) is 3.57. The summed E-state index contributed by atoms with van der Waals surface area (Å²) in [5, 5.41) is 9.36. The highest BCUT2D eigenvalue weighted by Crippen LogP contribution is 2.32. The Balaban J connectivity index is 1.30. The molecular formula is C34H34N4O4. The maximum Gasteiger partial charge on any atom is 0.248 e. The van der Waals surface area contributed by atoms with Crippen LogP contribution in [-0.4, -0.2) is 47.1 Å². The van der Waals surface area contributed by atoms with Crippen LogP contribution < -0.4 is 16.0 Å². The van der Waals surface area contributed by atoms with Gasteiger partial charge in [-0.05, 0) is 54.2 Å². The second-order valence-electron chi connectivity index (χ2n) is 10.7. The Morgan fingerprint density at radius 3 is 2.33 bits per heavy atom. The molecule has 3 atom stereocenters. The van der Waals surface area contributed by atoms with Crippen LogP contribution in [0.25, 0.3) is 16.5 Å². The van der Waals surface area contributed by atoms with Gasteiger partial charge in [0.25, 0.3) is 0 Å². The average molecular weight is 563 g/mol. The van der Waals surface area contributed by atoms with E-state index in [1.54, 1.807) is 6.92 Å². The molecular weight excluding hydrogens is 528 g/mol. The Labute approximate surface area is 244 Å². The molecule has 0 aliphatic heterocycles. The minimum absolute atomic E-state index is 0.193. The molecule has 0 bridgehead atoms. The predicted molar refractivity (Wildman–Crippen MR) is 162 cm³/mol. The molecule has 0 radical (unpaired) electrons. The number of aromatic nitrogens is 1. The van der Waals surface area contributed by atoms with Crippen LogP contribution in [0.5, 0.6) is 0 Å². The van der Waals surface area contributed by atoms with Crippen LogP contribution in [0.4, 0.5) is 0 Å². The number of fused-ring (bicyclic) bond motifs is 2. The third kappa shape index (κ3) is 6.33. The second-order valence-corrected chi connectivity index (χ2v) is 10.7. The molecule has 1 heterocycles. The van der Waals surface area contributed by atoms with Gasteiger partial charge in [-0.1, -0.05) is 72.8 Å². The van der Waals surface area contributed by atoms with Crippen molar-refractivity contribution in [1.82, 2.24) is 20.9 Å². The molecule has 4 aromatic rings. The summed E-state index contributed by atoms with van der Waals surface area (Å²) in [6.07, 6.45) is 3.54. The number of nitrogens with one attached hydrogen (secondary N) is 4. The molecule has 1 aliphatic rings. The number of hydrogen-bond acceptors (Lipinski definition) is 4. The van der Waals surface area contributed by atoms with Crippen LogP contribution in [0.1, 0.15) is 36.1 Å². The summed E-state index contributed by atoms with van der Waals surface area (Å²) in [7, 11) is 0. The van der Waals surface area contributed by atoms with E-state index in [4.69, 9.17) is 0 Å². The van der Waals surface area contributed by atoms with Crippen molar-refractivity contribution in [3.8, 4) is 0 Å². The first kappa shape index (κ1) is 28.5. The van der Waals surface area contributed by atoms with E-state index in [1.807, 2.05) is 92.0 Å². The van der Waals surface area contributed by atoms with Crippen molar-refractivity contribution in [2.24, 2.45) is 0 Å². The third-order valence-corrected chi connectivity index (χ3v) is 7.78. The molecule has 0 saturated carbocycles. The van der Waals surface area contributed by atoms with Gasteiger partial charge < -0.3 is 25.7 Å². The zero-order valence-corrected chi connectivity index (χ0v) is 23.6. The number of aromatic amines is 1. The van der Waals surface area contributed by atoms with E-state index in [2.05, 4.69) is 20.9 Å². The molecule has 8 heteroatoms. The van der Waals surface area contributed by atoms with Gasteiger partial charge in [0, 0.05) is 35.5 Å². The summed E-state index contributed by atoms with van der Waals surface area (Å²) >= 11 is 0. The number of carbonyl (C=O) groups is 4. The molecule has 3 amide bonds. The molecule has 1 aromatic heterocycles. The Kier molecular flexibility index (Phi) is 8.62. The number of allylic oxidation sites excluding steroid dienone is 1. The fourth-order valence-corrected chi connectivity index (χ4v) is 5.44. The largest absolute Gasteiger partial charge is 0.361 e. The molecule has 42 heavy (non-hydrogen) atoms.